The Labute approximate surface area is 606 Å². The molecule has 2 aromatic rings. The lowest BCUT2D eigenvalue weighted by atomic mass is 10.0. The Kier molecular flexibility index (Phi) is 66.2. The number of fused-ring (bicyclic) bond motifs is 1. The van der Waals surface area contributed by atoms with E-state index < -0.39 is 35.8 Å². The van der Waals surface area contributed by atoms with Gasteiger partial charge in [0.15, 0.2) is 0 Å². The summed E-state index contributed by atoms with van der Waals surface area (Å²) in [4.78, 5) is -1.30. The third-order valence-electron chi connectivity index (χ3n) is 20.9. The topological polar surface area (TPSA) is 132 Å². The fourth-order valence-corrected chi connectivity index (χ4v) is 15.3. The quantitative estimate of drug-likeness (QED) is 0.0383. The zero-order valence-corrected chi connectivity index (χ0v) is 67.7. The van der Waals surface area contributed by atoms with Crippen LogP contribution in [0.5, 0.6) is 5.75 Å². The first-order valence-corrected chi connectivity index (χ1v) is 45.5. The van der Waals surface area contributed by atoms with Crippen molar-refractivity contribution in [2.24, 2.45) is 0 Å². The number of phenols is 1. The summed E-state index contributed by atoms with van der Waals surface area (Å²) in [6, 6.07) is 5.22. The number of aromatic hydroxyl groups is 1. The van der Waals surface area contributed by atoms with Crippen LogP contribution in [0.1, 0.15) is 439 Å². The van der Waals surface area contributed by atoms with E-state index in [1.165, 1.54) is 452 Å². The normalized spacial score (nSPS) is 12.1. The largest absolute Gasteiger partial charge is 0.744 e. The highest BCUT2D eigenvalue weighted by atomic mass is 32.2. The Balaban J connectivity index is 0.00000150. The van der Waals surface area contributed by atoms with Gasteiger partial charge in [-0.05, 0) is 86.4 Å². The van der Waals surface area contributed by atoms with E-state index in [-0.39, 0.29) is 5.39 Å². The van der Waals surface area contributed by atoms with E-state index in [1.807, 2.05) is 0 Å². The molecule has 0 radical (unpaired) electrons. The molecule has 11 heteroatoms. The van der Waals surface area contributed by atoms with E-state index in [9.17, 15) is 26.5 Å². The maximum absolute atomic E-state index is 11.0. The molecule has 0 atom stereocenters. The first kappa shape index (κ1) is 95.2. The van der Waals surface area contributed by atoms with Crippen LogP contribution in [-0.2, 0) is 20.2 Å². The minimum Gasteiger partial charge on any atom is -0.744 e. The number of rotatable bonds is 70. The van der Waals surface area contributed by atoms with Gasteiger partial charge in [-0.15, -0.1) is 0 Å². The second-order valence-corrected chi connectivity index (χ2v) is 34.5. The summed E-state index contributed by atoms with van der Waals surface area (Å²) in [6.07, 6.45) is 93.9. The molecule has 0 fully saturated rings. The number of benzene rings is 2. The van der Waals surface area contributed by atoms with Crippen LogP contribution in [0, 0.1) is 0 Å². The maximum atomic E-state index is 11.0. The van der Waals surface area contributed by atoms with E-state index in [4.69, 9.17) is 4.55 Å². The molecule has 0 aliphatic heterocycles. The smallest absolute Gasteiger partial charge is 0.294 e. The van der Waals surface area contributed by atoms with E-state index in [1.54, 1.807) is 0 Å². The van der Waals surface area contributed by atoms with Crippen molar-refractivity contribution in [2.45, 2.75) is 448 Å². The monoisotopic (exact) mass is 1400 g/mol. The number of hydrogen-bond acceptors (Lipinski definition) is 6. The average molecular weight is 1410 g/mol. The first-order chi connectivity index (χ1) is 46.8. The third kappa shape index (κ3) is 64.8. The van der Waals surface area contributed by atoms with Crippen LogP contribution < -0.4 is 0 Å². The zero-order valence-electron chi connectivity index (χ0n) is 66.1. The van der Waals surface area contributed by atoms with Crippen molar-refractivity contribution in [3.8, 4) is 5.75 Å². The zero-order chi connectivity index (χ0) is 71.5. The fraction of sp³-hybridized carbons (Fsp3) is 0.884. The van der Waals surface area contributed by atoms with Gasteiger partial charge in [-0.1, -0.05) is 393 Å². The molecule has 0 saturated carbocycles. The van der Waals surface area contributed by atoms with Crippen LogP contribution >= 0.6 is 0 Å². The molecule has 0 heterocycles. The van der Waals surface area contributed by atoms with E-state index >= 15 is 0 Å². The second kappa shape index (κ2) is 67.4. The van der Waals surface area contributed by atoms with Gasteiger partial charge in [0.05, 0.1) is 64.2 Å². The summed E-state index contributed by atoms with van der Waals surface area (Å²) in [6.45, 7) is 14.8. The predicted octanol–water partition coefficient (Wildman–Crippen LogP) is 27.9. The number of quaternary nitrogens is 2. The highest BCUT2D eigenvalue weighted by Crippen LogP contribution is 2.30. The number of nitrogens with zero attached hydrogens (tertiary/aromatic N) is 2. The summed E-state index contributed by atoms with van der Waals surface area (Å²) in [5, 5.41) is 9.83. The molecular formula is C86H167N2O7S2+. The van der Waals surface area contributed by atoms with Gasteiger partial charge in [0.2, 0.25) is 0 Å². The minimum atomic E-state index is -4.89. The summed E-state index contributed by atoms with van der Waals surface area (Å²) >= 11 is 0. The molecule has 9 nitrogen and oxygen atoms in total. The number of unbranched alkanes of at least 4 members (excludes halogenated alkanes) is 60. The van der Waals surface area contributed by atoms with E-state index in [2.05, 4.69) is 55.9 Å². The Morgan fingerprint density at radius 1 is 0.278 bits per heavy atom. The Bertz CT molecular complexity index is 2060. The van der Waals surface area contributed by atoms with Gasteiger partial charge < -0.3 is 18.6 Å². The van der Waals surface area contributed by atoms with Crippen LogP contribution in [0.25, 0.3) is 10.8 Å². The molecule has 0 saturated heterocycles. The van der Waals surface area contributed by atoms with Crippen LogP contribution in [0.15, 0.2) is 40.1 Å². The lowest BCUT2D eigenvalue weighted by molar-refractivity contribution is -0.890. The molecular weight excluding hydrogens is 1240 g/mol. The Hall–Kier alpha value is -1.76. The van der Waals surface area contributed by atoms with Crippen molar-refractivity contribution < 1.29 is 40.0 Å². The molecule has 574 valence electrons. The van der Waals surface area contributed by atoms with Gasteiger partial charge in [0, 0.05) is 0 Å². The Morgan fingerprint density at radius 3 is 0.639 bits per heavy atom. The van der Waals surface area contributed by atoms with E-state index in [0.717, 1.165) is 24.3 Å². The van der Waals surface area contributed by atoms with Crippen LogP contribution in [0.2, 0.25) is 0 Å². The molecule has 97 heavy (non-hydrogen) atoms. The van der Waals surface area contributed by atoms with Crippen LogP contribution in [0.3, 0.4) is 0 Å². The molecule has 2 aromatic carbocycles. The lowest BCUT2D eigenvalue weighted by Gasteiger charge is -2.30. The summed E-state index contributed by atoms with van der Waals surface area (Å²) < 4.78 is 66.0. The van der Waals surface area contributed by atoms with Crippen molar-refractivity contribution in [3.05, 3.63) is 30.3 Å². The molecule has 0 aliphatic carbocycles. The fourth-order valence-electron chi connectivity index (χ4n) is 14.2. The van der Waals surface area contributed by atoms with Crippen LogP contribution in [0.4, 0.5) is 0 Å². The SMILES string of the molecule is CCCCCCCCCCCCCCCCCC[N+](C)(C)CCCCCCCCCCCCCCCCCC.CCCCCCCCCCCCCCCCCC[N+](C)(C)CCCCCCCCCCCCCCCCCC.O=S(=O)([O-])c1cc2cc(S(=O)(=O)O)ccc2cc1O. The van der Waals surface area contributed by atoms with E-state index in [0.29, 0.717) is 5.39 Å². The predicted molar refractivity (Wildman–Crippen MR) is 425 cm³/mol. The summed E-state index contributed by atoms with van der Waals surface area (Å²) in [5.41, 5.74) is 0. The van der Waals surface area contributed by atoms with Gasteiger partial charge in [0.1, 0.15) is 15.9 Å². The minimum absolute atomic E-state index is 0.0855. The molecule has 0 aromatic heterocycles. The highest BCUT2D eigenvalue weighted by molar-refractivity contribution is 7.86. The van der Waals surface area contributed by atoms with Gasteiger partial charge in [-0.25, -0.2) is 8.42 Å². The van der Waals surface area contributed by atoms with Gasteiger partial charge in [-0.2, -0.15) is 8.42 Å². The standard InChI is InChI=1S/2C38H80N.C10H8O7S2/c2*1-5-7-9-11-13-15-17-19-21-23-25-27-29-31-33-35-37-39(3,4)38-36-34-32-30-28-26-24-22-20-18-16-14-12-10-8-6-2;11-9-4-6-1-2-8(18(12,13)14)3-7(6)5-10(9)19(15,16)17/h2*5-38H2,1-4H3;1-5,11H,(H,12,13,14)(H,15,16,17)/q2*+1;/p-1. The molecule has 0 aliphatic rings. The van der Waals surface area contributed by atoms with Crippen molar-refractivity contribution in [1.29, 1.82) is 0 Å². The summed E-state index contributed by atoms with van der Waals surface area (Å²) in [5.74, 6) is -0.720. The molecule has 0 bridgehead atoms. The van der Waals surface area contributed by atoms with Gasteiger partial charge in [0.25, 0.3) is 10.1 Å². The lowest BCUT2D eigenvalue weighted by Crippen LogP contribution is -2.41. The molecule has 0 spiro atoms. The van der Waals surface area contributed by atoms with Gasteiger partial charge >= 0.3 is 0 Å². The number of hydrogen-bond donors (Lipinski definition) is 2. The highest BCUT2D eigenvalue weighted by Gasteiger charge is 2.17. The second-order valence-electron chi connectivity index (χ2n) is 31.7. The van der Waals surface area contributed by atoms with Crippen molar-refractivity contribution in [2.75, 3.05) is 54.4 Å². The van der Waals surface area contributed by atoms with Crippen LogP contribution in [-0.4, -0.2) is 94.4 Å². The van der Waals surface area contributed by atoms with Crippen molar-refractivity contribution >= 4 is 31.0 Å². The van der Waals surface area contributed by atoms with Gasteiger partial charge in [-0.3, -0.25) is 4.55 Å². The molecule has 0 unspecified atom stereocenters. The van der Waals surface area contributed by atoms with Crippen molar-refractivity contribution in [1.82, 2.24) is 0 Å². The van der Waals surface area contributed by atoms with Crippen molar-refractivity contribution in [3.63, 3.8) is 0 Å². The Morgan fingerprint density at radius 2 is 0.464 bits per heavy atom. The number of phenolic OH excluding ortho intramolecular Hbond substituents is 1. The average Bonchev–Trinajstić information content (AvgIpc) is 0.788. The third-order valence-corrected chi connectivity index (χ3v) is 22.6. The molecule has 2 N–H and O–H groups in total. The molecule has 0 amide bonds. The molecule has 2 rings (SSSR count). The first-order valence-electron chi connectivity index (χ1n) is 42.7. The maximum Gasteiger partial charge on any atom is 0.294 e. The summed E-state index contributed by atoms with van der Waals surface area (Å²) in [7, 11) is 0.547.